The van der Waals surface area contributed by atoms with E-state index in [1.807, 2.05) is 24.3 Å². The van der Waals surface area contributed by atoms with Gasteiger partial charge in [0, 0.05) is 11.6 Å². The fourth-order valence-electron chi connectivity index (χ4n) is 2.64. The lowest BCUT2D eigenvalue weighted by Gasteiger charge is -2.18. The van der Waals surface area contributed by atoms with Crippen molar-refractivity contribution >= 4 is 62.3 Å². The Morgan fingerprint density at radius 3 is 2.84 bits per heavy atom. The molecule has 124 valence electrons. The van der Waals surface area contributed by atoms with Crippen molar-refractivity contribution in [2.45, 2.75) is 0 Å². The number of carbonyl (C=O) groups excluding carboxylic acids is 1. The number of benzene rings is 2. The fourth-order valence-corrected chi connectivity index (χ4v) is 3.49. The Hall–Kier alpha value is -2.57. The second-order valence-electron chi connectivity index (χ2n) is 5.40. The quantitative estimate of drug-likeness (QED) is 0.659. The molecular weight excluding hydrogens is 356 g/mol. The van der Waals surface area contributed by atoms with Gasteiger partial charge in [-0.25, -0.2) is 9.98 Å². The molecule has 7 heteroatoms. The molecule has 5 nitrogen and oxygen atoms in total. The summed E-state index contributed by atoms with van der Waals surface area (Å²) >= 11 is 7.29. The van der Waals surface area contributed by atoms with Crippen LogP contribution in [-0.4, -0.2) is 21.8 Å². The van der Waals surface area contributed by atoms with Crippen LogP contribution in [0.2, 0.25) is 5.15 Å². The number of hydrogen-bond donors (Lipinski definition) is 2. The number of pyridine rings is 1. The zero-order valence-corrected chi connectivity index (χ0v) is 14.6. The van der Waals surface area contributed by atoms with E-state index in [-0.39, 0.29) is 16.8 Å². The maximum atomic E-state index is 12.1. The third-order valence-corrected chi connectivity index (χ3v) is 4.89. The minimum atomic E-state index is -0.165. The number of aromatic nitrogens is 1. The van der Waals surface area contributed by atoms with E-state index in [2.05, 4.69) is 32.7 Å². The van der Waals surface area contributed by atoms with Crippen molar-refractivity contribution in [1.82, 2.24) is 4.98 Å². The molecule has 2 aromatic carbocycles. The molecule has 1 aromatic heterocycles. The third kappa shape index (κ3) is 3.31. The van der Waals surface area contributed by atoms with Crippen molar-refractivity contribution in [2.24, 2.45) is 4.99 Å². The van der Waals surface area contributed by atoms with E-state index in [0.717, 1.165) is 22.1 Å². The largest absolute Gasteiger partial charge is 0.334 e. The van der Waals surface area contributed by atoms with Crippen molar-refractivity contribution in [3.8, 4) is 0 Å². The summed E-state index contributed by atoms with van der Waals surface area (Å²) in [6, 6.07) is 15.5. The van der Waals surface area contributed by atoms with Crippen molar-refractivity contribution in [1.29, 1.82) is 0 Å². The van der Waals surface area contributed by atoms with Crippen molar-refractivity contribution in [3.63, 3.8) is 0 Å². The van der Waals surface area contributed by atoms with Gasteiger partial charge in [-0.3, -0.25) is 4.79 Å². The number of amides is 1. The Bertz CT molecular complexity index is 1000. The van der Waals surface area contributed by atoms with Crippen LogP contribution in [0, 0.1) is 0 Å². The van der Waals surface area contributed by atoms with Gasteiger partial charge in [-0.2, -0.15) is 0 Å². The highest BCUT2D eigenvalue weighted by molar-refractivity contribution is 8.14. The minimum Gasteiger partial charge on any atom is -0.334 e. The second kappa shape index (κ2) is 6.74. The predicted molar refractivity (Wildman–Crippen MR) is 105 cm³/mol. The molecule has 0 aliphatic carbocycles. The summed E-state index contributed by atoms with van der Waals surface area (Å²) in [6.07, 6.45) is 1.57. The number of amidine groups is 1. The Kier molecular flexibility index (Phi) is 4.29. The number of aliphatic imine (C=N–C) groups is 1. The van der Waals surface area contributed by atoms with Crippen molar-refractivity contribution < 1.29 is 4.79 Å². The summed E-state index contributed by atoms with van der Waals surface area (Å²) < 4.78 is 0. The van der Waals surface area contributed by atoms with Crippen LogP contribution in [-0.2, 0) is 4.79 Å². The molecule has 1 aliphatic heterocycles. The van der Waals surface area contributed by atoms with Gasteiger partial charge >= 0.3 is 0 Å². The van der Waals surface area contributed by atoms with E-state index in [4.69, 9.17) is 11.6 Å². The maximum Gasteiger partial charge on any atom is 0.234 e. The number of nitrogens with zero attached hydrogens (tertiary/aromatic N) is 2. The zero-order chi connectivity index (χ0) is 17.2. The summed E-state index contributed by atoms with van der Waals surface area (Å²) in [4.78, 5) is 20.7. The van der Waals surface area contributed by atoms with E-state index in [9.17, 15) is 4.79 Å². The van der Waals surface area contributed by atoms with E-state index in [0.29, 0.717) is 10.9 Å². The molecule has 1 amide bonds. The van der Waals surface area contributed by atoms with E-state index in [1.165, 1.54) is 11.8 Å². The molecule has 0 fully saturated rings. The van der Waals surface area contributed by atoms with Gasteiger partial charge < -0.3 is 10.6 Å². The molecule has 0 saturated heterocycles. The molecule has 0 radical (unpaired) electrons. The Morgan fingerprint density at radius 2 is 2.00 bits per heavy atom. The topological polar surface area (TPSA) is 66.4 Å². The normalized spacial score (nSPS) is 12.4. The molecule has 2 N–H and O–H groups in total. The summed E-state index contributed by atoms with van der Waals surface area (Å²) in [6.45, 7) is 0. The van der Waals surface area contributed by atoms with Crippen LogP contribution in [0.4, 0.5) is 17.1 Å². The standard InChI is InChI=1S/C18H13ClN4OS/c19-17-14(8-3-9-20-17)21-15(24)10-25-18-22-12-6-1-4-11-5-2-7-13(23-18)16(11)12/h1-9H,10H2,(H,21,24)(H,22,23). The first kappa shape index (κ1) is 15.9. The van der Waals surface area contributed by atoms with Gasteiger partial charge in [-0.1, -0.05) is 47.6 Å². The molecule has 2 heterocycles. The number of halogens is 1. The molecule has 25 heavy (non-hydrogen) atoms. The molecule has 3 aromatic rings. The van der Waals surface area contributed by atoms with Crippen LogP contribution < -0.4 is 10.6 Å². The molecule has 0 bridgehead atoms. The smallest absolute Gasteiger partial charge is 0.234 e. The highest BCUT2D eigenvalue weighted by Crippen LogP contribution is 2.36. The van der Waals surface area contributed by atoms with Gasteiger partial charge in [0.25, 0.3) is 0 Å². The number of nitrogens with one attached hydrogen (secondary N) is 2. The molecular formula is C18H13ClN4OS. The predicted octanol–water partition coefficient (Wildman–Crippen LogP) is 4.67. The average Bonchev–Trinajstić information content (AvgIpc) is 2.62. The van der Waals surface area contributed by atoms with Crippen LogP contribution >= 0.6 is 23.4 Å². The van der Waals surface area contributed by atoms with Gasteiger partial charge in [0.15, 0.2) is 10.3 Å². The monoisotopic (exact) mass is 368 g/mol. The van der Waals surface area contributed by atoms with E-state index < -0.39 is 0 Å². The molecule has 1 aliphatic rings. The fraction of sp³-hybridized carbons (Fsp3) is 0.0556. The number of hydrogen-bond acceptors (Lipinski definition) is 5. The molecule has 4 rings (SSSR count). The Balaban J connectivity index is 1.47. The second-order valence-corrected chi connectivity index (χ2v) is 6.72. The first-order valence-corrected chi connectivity index (χ1v) is 8.98. The summed E-state index contributed by atoms with van der Waals surface area (Å²) in [7, 11) is 0. The number of rotatable bonds is 3. The summed E-state index contributed by atoms with van der Waals surface area (Å²) in [5.74, 6) is 0.0522. The number of carbonyl (C=O) groups is 1. The van der Waals surface area contributed by atoms with Crippen LogP contribution in [0.15, 0.2) is 59.7 Å². The maximum absolute atomic E-state index is 12.1. The van der Waals surface area contributed by atoms with E-state index in [1.54, 1.807) is 18.3 Å². The van der Waals surface area contributed by atoms with Crippen LogP contribution in [0.3, 0.4) is 0 Å². The first-order valence-electron chi connectivity index (χ1n) is 7.61. The molecule has 0 unspecified atom stereocenters. The summed E-state index contributed by atoms with van der Waals surface area (Å²) in [5, 5.41) is 9.24. The lowest BCUT2D eigenvalue weighted by atomic mass is 10.1. The van der Waals surface area contributed by atoms with Gasteiger partial charge in [0.2, 0.25) is 5.91 Å². The number of anilines is 2. The van der Waals surface area contributed by atoms with Crippen molar-refractivity contribution in [3.05, 3.63) is 59.9 Å². The van der Waals surface area contributed by atoms with Gasteiger partial charge in [-0.05, 0) is 29.7 Å². The summed E-state index contributed by atoms with van der Waals surface area (Å²) in [5.41, 5.74) is 2.41. The highest BCUT2D eigenvalue weighted by atomic mass is 35.5. The van der Waals surface area contributed by atoms with Crippen LogP contribution in [0.5, 0.6) is 0 Å². The molecule has 0 spiro atoms. The first-order chi connectivity index (χ1) is 12.2. The third-order valence-electron chi connectivity index (χ3n) is 3.72. The number of thioether (sulfide) groups is 1. The lowest BCUT2D eigenvalue weighted by molar-refractivity contribution is -0.113. The molecule has 0 saturated carbocycles. The van der Waals surface area contributed by atoms with Crippen molar-refractivity contribution in [2.75, 3.05) is 16.4 Å². The van der Waals surface area contributed by atoms with E-state index >= 15 is 0 Å². The van der Waals surface area contributed by atoms with Crippen LogP contribution in [0.1, 0.15) is 0 Å². The van der Waals surface area contributed by atoms with Gasteiger partial charge in [0.05, 0.1) is 22.8 Å². The minimum absolute atomic E-state index is 0.165. The SMILES string of the molecule is O=C(CSC1=Nc2cccc3cccc(c23)N1)Nc1cccnc1Cl. The molecule has 0 atom stereocenters. The zero-order valence-electron chi connectivity index (χ0n) is 13.0. The Morgan fingerprint density at radius 1 is 1.16 bits per heavy atom. The van der Waals surface area contributed by atoms with Gasteiger partial charge in [0.1, 0.15) is 0 Å². The van der Waals surface area contributed by atoms with Gasteiger partial charge in [-0.15, -0.1) is 0 Å². The lowest BCUT2D eigenvalue weighted by Crippen LogP contribution is -2.18. The average molecular weight is 369 g/mol. The van der Waals surface area contributed by atoms with Crippen LogP contribution in [0.25, 0.3) is 10.8 Å². The Labute approximate surface area is 153 Å². The highest BCUT2D eigenvalue weighted by Gasteiger charge is 2.16.